The van der Waals surface area contributed by atoms with Crippen LogP contribution in [0.15, 0.2) is 272 Å². The maximum absolute atomic E-state index is 15.5. The fraction of sp³-hybridized carbons (Fsp3) is 0.322. The summed E-state index contributed by atoms with van der Waals surface area (Å²) in [5.74, 6) is -4.02. The highest BCUT2D eigenvalue weighted by Gasteiger charge is 2.61. The molecule has 0 aliphatic carbocycles. The molecule has 0 spiro atoms. The number of fused-ring (bicyclic) bond motifs is 1. The molecule has 0 radical (unpaired) electrons. The SMILES string of the molecule is CC(=O)O[C@@H]1[C@H](O[C@H]2O[C@H](COCc3ccccc3)[C@H](OCc3ccccc3)[C@H](OCc3ccccc3)[C@H]2OCc2ccccc2)[C@@H](OC(=O)c2ccccc2)[C@H](O[C@H]2[C@H](OCc3ccccc3)[C@@H](N3C(=O)c4ccccc4C3=O)[C@H](OCCCN=[N+]=[N-])O[C@@H]2COCc2ccccc2)O[C@@H]1COC(=O)c1ccccc1. The molecule has 2 amide bonds. The second-order valence-corrected chi connectivity index (χ2v) is 26.8. The van der Waals surface area contributed by atoms with Gasteiger partial charge in [-0.05, 0) is 81.7 Å². The van der Waals surface area contributed by atoms with Gasteiger partial charge >= 0.3 is 17.9 Å². The molecule has 4 heterocycles. The highest BCUT2D eigenvalue weighted by atomic mass is 16.8. The number of hydrogen-bond donors (Lipinski definition) is 0. The zero-order valence-electron chi connectivity index (χ0n) is 61.0. The van der Waals surface area contributed by atoms with E-state index in [1.807, 2.05) is 182 Å². The lowest BCUT2D eigenvalue weighted by Gasteiger charge is -2.52. The van der Waals surface area contributed by atoms with Gasteiger partial charge in [0.25, 0.3) is 11.8 Å². The molecule has 574 valence electrons. The quantitative estimate of drug-likeness (QED) is 0.00671. The Bertz CT molecular complexity index is 4430. The summed E-state index contributed by atoms with van der Waals surface area (Å²) >= 11 is 0. The Morgan fingerprint density at radius 2 is 0.766 bits per heavy atom. The number of carbonyl (C=O) groups is 5. The molecule has 9 aromatic carbocycles. The van der Waals surface area contributed by atoms with E-state index in [4.69, 9.17) is 71.1 Å². The minimum Gasteiger partial charge on any atom is -0.459 e. The Balaban J connectivity index is 0.980. The van der Waals surface area contributed by atoms with E-state index in [0.29, 0.717) is 5.56 Å². The van der Waals surface area contributed by atoms with Gasteiger partial charge in [-0.25, -0.2) is 9.59 Å². The lowest BCUT2D eigenvalue weighted by Crippen LogP contribution is -2.70. The summed E-state index contributed by atoms with van der Waals surface area (Å²) in [6.07, 6.45) is -20.9. The van der Waals surface area contributed by atoms with Crippen LogP contribution in [0.2, 0.25) is 0 Å². The molecule has 3 saturated heterocycles. The predicted octanol–water partition coefficient (Wildman–Crippen LogP) is 13.1. The van der Waals surface area contributed by atoms with Crippen LogP contribution in [0.25, 0.3) is 10.4 Å². The van der Waals surface area contributed by atoms with Crippen molar-refractivity contribution in [1.29, 1.82) is 0 Å². The number of esters is 3. The van der Waals surface area contributed by atoms with Crippen LogP contribution in [0.5, 0.6) is 0 Å². The van der Waals surface area contributed by atoms with Crippen LogP contribution in [-0.4, -0.2) is 160 Å². The Labute approximate surface area is 642 Å². The van der Waals surface area contributed by atoms with Crippen molar-refractivity contribution in [2.45, 2.75) is 145 Å². The number of azide groups is 1. The molecule has 9 aromatic rings. The molecule has 3 fully saturated rings. The van der Waals surface area contributed by atoms with Gasteiger partial charge in [-0.3, -0.25) is 19.3 Å². The van der Waals surface area contributed by atoms with E-state index in [1.54, 1.807) is 60.7 Å². The van der Waals surface area contributed by atoms with Crippen molar-refractivity contribution in [2.75, 3.05) is 33.0 Å². The Hall–Kier alpha value is -10.6. The van der Waals surface area contributed by atoms with Crippen molar-refractivity contribution in [3.8, 4) is 0 Å². The largest absolute Gasteiger partial charge is 0.459 e. The van der Waals surface area contributed by atoms with E-state index in [0.717, 1.165) is 32.7 Å². The number of ether oxygens (including phenoxy) is 15. The number of nitrogens with zero attached hydrogens (tertiary/aromatic N) is 4. The summed E-state index contributed by atoms with van der Waals surface area (Å²) in [7, 11) is 0. The summed E-state index contributed by atoms with van der Waals surface area (Å²) in [6, 6.07) is 77.8. The number of carbonyl (C=O) groups excluding carboxylic acids is 5. The highest BCUT2D eigenvalue weighted by Crippen LogP contribution is 2.42. The van der Waals surface area contributed by atoms with Crippen molar-refractivity contribution in [3.05, 3.63) is 333 Å². The molecule has 111 heavy (non-hydrogen) atoms. The molecular weight excluding hydrogens is 1420 g/mol. The van der Waals surface area contributed by atoms with Gasteiger partial charge in [-0.2, -0.15) is 0 Å². The second-order valence-electron chi connectivity index (χ2n) is 26.8. The zero-order chi connectivity index (χ0) is 76.5. The van der Waals surface area contributed by atoms with Gasteiger partial charge in [0.05, 0.1) is 75.1 Å². The van der Waals surface area contributed by atoms with Gasteiger partial charge in [-0.1, -0.05) is 236 Å². The van der Waals surface area contributed by atoms with Gasteiger partial charge in [0.1, 0.15) is 67.6 Å². The molecule has 0 N–H and O–H groups in total. The third-order valence-corrected chi connectivity index (χ3v) is 19.1. The lowest BCUT2D eigenvalue weighted by atomic mass is 9.93. The van der Waals surface area contributed by atoms with Gasteiger partial charge < -0.3 is 71.1 Å². The number of amides is 2. The number of imide groups is 1. The number of rotatable bonds is 36. The smallest absolute Gasteiger partial charge is 0.338 e. The summed E-state index contributed by atoms with van der Waals surface area (Å²) < 4.78 is 105. The Kier molecular flexibility index (Phi) is 28.2. The molecule has 0 unspecified atom stereocenters. The summed E-state index contributed by atoms with van der Waals surface area (Å²) in [6.45, 7) is 0.0217. The molecule has 24 nitrogen and oxygen atoms in total. The third kappa shape index (κ3) is 20.9. The minimum absolute atomic E-state index is 0.0180. The lowest BCUT2D eigenvalue weighted by molar-refractivity contribution is -0.384. The second kappa shape index (κ2) is 39.8. The molecule has 4 aliphatic heterocycles. The fourth-order valence-electron chi connectivity index (χ4n) is 13.8. The van der Waals surface area contributed by atoms with E-state index in [-0.39, 0.29) is 94.7 Å². The van der Waals surface area contributed by atoms with Crippen LogP contribution >= 0.6 is 0 Å². The summed E-state index contributed by atoms with van der Waals surface area (Å²) in [5.41, 5.74) is 14.4. The molecule has 13 rings (SSSR count). The molecule has 24 heteroatoms. The van der Waals surface area contributed by atoms with Crippen molar-refractivity contribution >= 4 is 29.7 Å². The van der Waals surface area contributed by atoms with Crippen LogP contribution in [0.4, 0.5) is 0 Å². The number of hydrogen-bond acceptors (Lipinski definition) is 21. The Morgan fingerprint density at radius 3 is 1.23 bits per heavy atom. The van der Waals surface area contributed by atoms with E-state index in [1.165, 1.54) is 31.2 Å². The van der Waals surface area contributed by atoms with E-state index < -0.39 is 128 Å². The zero-order valence-corrected chi connectivity index (χ0v) is 61.0. The average Bonchev–Trinajstić information content (AvgIpc) is 1.71. The van der Waals surface area contributed by atoms with Crippen LogP contribution in [0, 0.1) is 0 Å². The maximum Gasteiger partial charge on any atom is 0.338 e. The standard InChI is InChI=1S/C87H86N4O20/c1-58(92)105-75-71(57-104-83(95)65-41-22-8-23-42-65)108-87(110-74-70(56-98-50-60-31-12-3-13-32-60)106-85(99-48-28-47-89-90-88)72(76(74)101-52-62-35-16-5-17-36-62)91-81(93)67-45-26-27-46-68(67)82(91)94)80(109-84(96)66-43-24-9-25-44-66)78(75)111-86-79(103-54-64-39-20-7-21-40-64)77(102-53-63-37-18-6-19-38-63)73(100-51-61-33-14-4-15-34-61)69(107-86)55-97-49-59-29-10-2-11-30-59/h2-27,29-46,69-80,85-87H,28,47-57H2,1H3/t69-,70-,71-,72-,73+,74-,75+,76-,77+,78+,79-,80-,85-,86-,87+/m1/s1. The predicted molar refractivity (Wildman–Crippen MR) is 401 cm³/mol. The van der Waals surface area contributed by atoms with Gasteiger partial charge in [0, 0.05) is 25.0 Å². The molecule has 0 bridgehead atoms. The highest BCUT2D eigenvalue weighted by molar-refractivity contribution is 6.21. The summed E-state index contributed by atoms with van der Waals surface area (Å²) in [5, 5.41) is 3.72. The number of benzene rings is 9. The fourth-order valence-corrected chi connectivity index (χ4v) is 13.8. The molecule has 4 aliphatic rings. The third-order valence-electron chi connectivity index (χ3n) is 19.1. The first-order valence-corrected chi connectivity index (χ1v) is 36.9. The molecule has 0 saturated carbocycles. The minimum atomic E-state index is -1.96. The first-order chi connectivity index (χ1) is 54.5. The van der Waals surface area contributed by atoms with Crippen molar-refractivity contribution in [2.24, 2.45) is 5.11 Å². The molecule has 15 atom stereocenters. The van der Waals surface area contributed by atoms with E-state index >= 15 is 14.4 Å². The van der Waals surface area contributed by atoms with Gasteiger partial charge in [0.15, 0.2) is 31.1 Å². The van der Waals surface area contributed by atoms with E-state index in [9.17, 15) is 15.1 Å². The van der Waals surface area contributed by atoms with Crippen molar-refractivity contribution < 1.29 is 95.0 Å². The van der Waals surface area contributed by atoms with Crippen LogP contribution in [0.1, 0.15) is 88.2 Å². The Morgan fingerprint density at radius 1 is 0.387 bits per heavy atom. The van der Waals surface area contributed by atoms with E-state index in [2.05, 4.69) is 10.0 Å². The topological polar surface area (TPSA) is 276 Å². The average molecular weight is 1510 g/mol. The molecule has 0 aromatic heterocycles. The maximum atomic E-state index is 15.5. The van der Waals surface area contributed by atoms with Crippen LogP contribution < -0.4 is 0 Å². The van der Waals surface area contributed by atoms with Crippen LogP contribution in [0.3, 0.4) is 0 Å². The van der Waals surface area contributed by atoms with Gasteiger partial charge in [0.2, 0.25) is 0 Å². The first-order valence-electron chi connectivity index (χ1n) is 36.9. The normalized spacial score (nSPS) is 24.2. The van der Waals surface area contributed by atoms with Crippen LogP contribution in [-0.2, 0) is 115 Å². The van der Waals surface area contributed by atoms with Crippen molar-refractivity contribution in [1.82, 2.24) is 4.90 Å². The summed E-state index contributed by atoms with van der Waals surface area (Å²) in [4.78, 5) is 78.6. The van der Waals surface area contributed by atoms with Gasteiger partial charge in [-0.15, -0.1) is 0 Å². The monoisotopic (exact) mass is 1510 g/mol. The van der Waals surface area contributed by atoms with Crippen molar-refractivity contribution in [3.63, 3.8) is 0 Å². The first kappa shape index (κ1) is 78.5. The molecular formula is C87H86N4O20.